The molecule has 0 aliphatic heterocycles. The molecule has 0 aliphatic carbocycles. The predicted molar refractivity (Wildman–Crippen MR) is 75.7 cm³/mol. The molecule has 0 aliphatic rings. The van der Waals surface area contributed by atoms with E-state index in [2.05, 4.69) is 5.32 Å². The molecule has 0 aromatic heterocycles. The van der Waals surface area contributed by atoms with E-state index in [4.69, 9.17) is 28.3 Å². The summed E-state index contributed by atoms with van der Waals surface area (Å²) in [5.41, 5.74) is 0.656. The van der Waals surface area contributed by atoms with Crippen LogP contribution in [0.15, 0.2) is 29.3 Å². The van der Waals surface area contributed by atoms with E-state index in [-0.39, 0.29) is 11.1 Å². The number of nitrogens with one attached hydrogen (secondary N) is 1. The van der Waals surface area contributed by atoms with Crippen molar-refractivity contribution in [1.82, 2.24) is 0 Å². The van der Waals surface area contributed by atoms with Crippen molar-refractivity contribution in [3.8, 4) is 0 Å². The van der Waals surface area contributed by atoms with Gasteiger partial charge in [-0.15, -0.1) is 0 Å². The van der Waals surface area contributed by atoms with E-state index >= 15 is 0 Å². The van der Waals surface area contributed by atoms with E-state index in [1.165, 1.54) is 25.1 Å². The zero-order valence-electron chi connectivity index (χ0n) is 10.5. The second kappa shape index (κ2) is 6.59. The molecule has 6 heteroatoms. The molecule has 0 heterocycles. The fourth-order valence-electron chi connectivity index (χ4n) is 1.56. The number of carbonyl (C=O) groups is 2. The number of hydrogen-bond donors (Lipinski definition) is 2. The van der Waals surface area contributed by atoms with Crippen LogP contribution >= 0.6 is 23.2 Å². The Balaban J connectivity index is 3.01. The Bertz CT molecular complexity index is 533. The second-order valence-electron chi connectivity index (χ2n) is 3.87. The first-order valence-electron chi connectivity index (χ1n) is 5.55. The maximum absolute atomic E-state index is 12.0. The van der Waals surface area contributed by atoms with Crippen LogP contribution in [0.5, 0.6) is 0 Å². The van der Waals surface area contributed by atoms with Gasteiger partial charge >= 0.3 is 5.97 Å². The molecule has 19 heavy (non-hydrogen) atoms. The SMILES string of the molecule is CC/C(C(=O)Nc1cc(Cl)cc(Cl)c1)=C(\C)C(=O)O. The number of hydrogen-bond acceptors (Lipinski definition) is 2. The quantitative estimate of drug-likeness (QED) is 0.833. The van der Waals surface area contributed by atoms with E-state index in [0.29, 0.717) is 22.2 Å². The largest absolute Gasteiger partial charge is 0.478 e. The van der Waals surface area contributed by atoms with Crippen molar-refractivity contribution in [3.05, 3.63) is 39.4 Å². The maximum atomic E-state index is 12.0. The lowest BCUT2D eigenvalue weighted by atomic mass is 10.1. The first-order valence-corrected chi connectivity index (χ1v) is 6.31. The highest BCUT2D eigenvalue weighted by Crippen LogP contribution is 2.23. The molecule has 0 fully saturated rings. The molecule has 0 unspecified atom stereocenters. The summed E-state index contributed by atoms with van der Waals surface area (Å²) in [6.45, 7) is 3.11. The van der Waals surface area contributed by atoms with Gasteiger partial charge in [0.25, 0.3) is 5.91 Å². The molecule has 0 saturated heterocycles. The second-order valence-corrected chi connectivity index (χ2v) is 4.75. The van der Waals surface area contributed by atoms with Crippen molar-refractivity contribution in [1.29, 1.82) is 0 Å². The van der Waals surface area contributed by atoms with Gasteiger partial charge in [-0.25, -0.2) is 4.79 Å². The Labute approximate surface area is 121 Å². The number of rotatable bonds is 4. The third-order valence-electron chi connectivity index (χ3n) is 2.52. The summed E-state index contributed by atoms with van der Waals surface area (Å²) < 4.78 is 0. The van der Waals surface area contributed by atoms with Gasteiger partial charge in [0.15, 0.2) is 0 Å². The Morgan fingerprint density at radius 1 is 1.21 bits per heavy atom. The molecule has 1 rings (SSSR count). The van der Waals surface area contributed by atoms with Gasteiger partial charge in [0, 0.05) is 26.9 Å². The average Bonchev–Trinajstić information content (AvgIpc) is 2.27. The van der Waals surface area contributed by atoms with Crippen molar-refractivity contribution >= 4 is 40.8 Å². The summed E-state index contributed by atoms with van der Waals surface area (Å²) in [4.78, 5) is 22.9. The molecule has 102 valence electrons. The average molecular weight is 302 g/mol. The van der Waals surface area contributed by atoms with E-state index < -0.39 is 11.9 Å². The van der Waals surface area contributed by atoms with Crippen LogP contribution in [0, 0.1) is 0 Å². The molecule has 1 amide bonds. The highest BCUT2D eigenvalue weighted by atomic mass is 35.5. The molecule has 4 nitrogen and oxygen atoms in total. The van der Waals surface area contributed by atoms with Gasteiger partial charge in [-0.3, -0.25) is 4.79 Å². The van der Waals surface area contributed by atoms with Crippen LogP contribution < -0.4 is 5.32 Å². The van der Waals surface area contributed by atoms with Crippen molar-refractivity contribution in [2.75, 3.05) is 5.32 Å². The smallest absolute Gasteiger partial charge is 0.331 e. The molecule has 0 bridgehead atoms. The van der Waals surface area contributed by atoms with Gasteiger partial charge in [-0.2, -0.15) is 0 Å². The molecule has 0 spiro atoms. The molecule has 0 saturated carbocycles. The van der Waals surface area contributed by atoms with Crippen molar-refractivity contribution in [3.63, 3.8) is 0 Å². The number of amides is 1. The minimum atomic E-state index is -1.11. The van der Waals surface area contributed by atoms with Gasteiger partial charge in [0.2, 0.25) is 0 Å². The van der Waals surface area contributed by atoms with Crippen LogP contribution in [-0.4, -0.2) is 17.0 Å². The van der Waals surface area contributed by atoms with Crippen LogP contribution in [0.4, 0.5) is 5.69 Å². The summed E-state index contributed by atoms with van der Waals surface area (Å²) in [5.74, 6) is -1.59. The highest BCUT2D eigenvalue weighted by molar-refractivity contribution is 6.35. The summed E-state index contributed by atoms with van der Waals surface area (Å²) in [6.07, 6.45) is 0.318. The lowest BCUT2D eigenvalue weighted by Crippen LogP contribution is -2.17. The van der Waals surface area contributed by atoms with Gasteiger partial charge in [0.05, 0.1) is 0 Å². The molecule has 2 N–H and O–H groups in total. The van der Waals surface area contributed by atoms with Crippen molar-refractivity contribution < 1.29 is 14.7 Å². The highest BCUT2D eigenvalue weighted by Gasteiger charge is 2.15. The summed E-state index contributed by atoms with van der Waals surface area (Å²) in [6, 6.07) is 4.61. The van der Waals surface area contributed by atoms with Crippen LogP contribution in [0.1, 0.15) is 20.3 Å². The summed E-state index contributed by atoms with van der Waals surface area (Å²) in [5, 5.41) is 12.3. The topological polar surface area (TPSA) is 66.4 Å². The predicted octanol–water partition coefficient (Wildman–Crippen LogP) is 3.74. The molecular formula is C13H13Cl2NO3. The van der Waals surface area contributed by atoms with Crippen LogP contribution in [-0.2, 0) is 9.59 Å². The van der Waals surface area contributed by atoms with Gasteiger partial charge in [-0.1, -0.05) is 30.1 Å². The van der Waals surface area contributed by atoms with E-state index in [1.807, 2.05) is 0 Å². The normalized spacial score (nSPS) is 11.8. The minimum Gasteiger partial charge on any atom is -0.478 e. The van der Waals surface area contributed by atoms with Crippen LogP contribution in [0.2, 0.25) is 10.0 Å². The van der Waals surface area contributed by atoms with E-state index in [1.54, 1.807) is 6.92 Å². The number of carboxylic acid groups (broad SMARTS) is 1. The fourth-order valence-corrected chi connectivity index (χ4v) is 2.08. The Kier molecular flexibility index (Phi) is 5.39. The first kappa shape index (κ1) is 15.5. The molecule has 1 aromatic carbocycles. The maximum Gasteiger partial charge on any atom is 0.331 e. The van der Waals surface area contributed by atoms with Gasteiger partial charge in [0.1, 0.15) is 0 Å². The molecule has 0 atom stereocenters. The minimum absolute atomic E-state index is 0.0214. The standard InChI is InChI=1S/C13H13Cl2NO3/c1-3-11(7(2)13(18)19)12(17)16-10-5-8(14)4-9(15)6-10/h4-6H,3H2,1-2H3,(H,16,17)(H,18,19)/b11-7-. The van der Waals surface area contributed by atoms with Crippen LogP contribution in [0.25, 0.3) is 0 Å². The Morgan fingerprint density at radius 3 is 2.16 bits per heavy atom. The summed E-state index contributed by atoms with van der Waals surface area (Å²) in [7, 11) is 0. The number of benzene rings is 1. The van der Waals surface area contributed by atoms with E-state index in [0.717, 1.165) is 0 Å². The molecule has 0 radical (unpaired) electrons. The monoisotopic (exact) mass is 301 g/mol. The molecule has 1 aromatic rings. The van der Waals surface area contributed by atoms with Crippen LogP contribution in [0.3, 0.4) is 0 Å². The lowest BCUT2D eigenvalue weighted by Gasteiger charge is -2.09. The zero-order valence-corrected chi connectivity index (χ0v) is 12.0. The Morgan fingerprint density at radius 2 is 1.74 bits per heavy atom. The number of anilines is 1. The first-order chi connectivity index (χ1) is 8.85. The fraction of sp³-hybridized carbons (Fsp3) is 0.231. The lowest BCUT2D eigenvalue weighted by molar-refractivity contribution is -0.133. The van der Waals surface area contributed by atoms with Crippen molar-refractivity contribution in [2.24, 2.45) is 0 Å². The van der Waals surface area contributed by atoms with Gasteiger partial charge < -0.3 is 10.4 Å². The number of carboxylic acids is 1. The number of halogens is 2. The van der Waals surface area contributed by atoms with Crippen molar-refractivity contribution in [2.45, 2.75) is 20.3 Å². The third kappa shape index (κ3) is 4.26. The van der Waals surface area contributed by atoms with E-state index in [9.17, 15) is 9.59 Å². The zero-order chi connectivity index (χ0) is 14.6. The Hall–Kier alpha value is -1.52. The third-order valence-corrected chi connectivity index (χ3v) is 2.96. The van der Waals surface area contributed by atoms with Gasteiger partial charge in [-0.05, 0) is 31.5 Å². The molecular weight excluding hydrogens is 289 g/mol. The summed E-state index contributed by atoms with van der Waals surface area (Å²) >= 11 is 11.6. The number of carbonyl (C=O) groups excluding carboxylic acids is 1. The number of aliphatic carboxylic acids is 1.